The van der Waals surface area contributed by atoms with E-state index in [0.717, 1.165) is 18.8 Å². The summed E-state index contributed by atoms with van der Waals surface area (Å²) >= 11 is 0. The van der Waals surface area contributed by atoms with E-state index in [1.165, 1.54) is 7.11 Å². The lowest BCUT2D eigenvalue weighted by Gasteiger charge is -2.06. The van der Waals surface area contributed by atoms with Crippen LogP contribution in [0.15, 0.2) is 12.4 Å². The smallest absolute Gasteiger partial charge is 0.321 e. The van der Waals surface area contributed by atoms with Gasteiger partial charge in [-0.3, -0.25) is 0 Å². The summed E-state index contributed by atoms with van der Waals surface area (Å²) in [6, 6.07) is 0.228. The molecule has 2 rings (SSSR count). The van der Waals surface area contributed by atoms with Gasteiger partial charge in [0, 0.05) is 18.9 Å². The predicted molar refractivity (Wildman–Crippen MR) is 66.1 cm³/mol. The van der Waals surface area contributed by atoms with Crippen LogP contribution in [0.1, 0.15) is 25.0 Å². The van der Waals surface area contributed by atoms with Crippen LogP contribution in [0.3, 0.4) is 0 Å². The molecule has 0 radical (unpaired) electrons. The maximum absolute atomic E-state index is 5.59. The first kappa shape index (κ1) is 12.3. The molecular formula is C11H16N6O. The zero-order valence-corrected chi connectivity index (χ0v) is 10.5. The minimum atomic E-state index is 0.158. The molecule has 0 aliphatic carbocycles. The van der Waals surface area contributed by atoms with Crippen molar-refractivity contribution in [3.05, 3.63) is 24.0 Å². The summed E-state index contributed by atoms with van der Waals surface area (Å²) in [6.45, 7) is 3.04. The lowest BCUT2D eigenvalue weighted by molar-refractivity contribution is 0.377. The van der Waals surface area contributed by atoms with Gasteiger partial charge in [0.25, 0.3) is 0 Å². The third kappa shape index (κ3) is 2.73. The van der Waals surface area contributed by atoms with E-state index in [1.54, 1.807) is 6.20 Å². The summed E-state index contributed by atoms with van der Waals surface area (Å²) < 4.78 is 7.04. The highest BCUT2D eigenvalue weighted by molar-refractivity contribution is 5.19. The molecule has 0 aromatic carbocycles. The van der Waals surface area contributed by atoms with E-state index < -0.39 is 0 Å². The quantitative estimate of drug-likeness (QED) is 0.835. The number of ether oxygens (including phenoxy) is 1. The van der Waals surface area contributed by atoms with Crippen molar-refractivity contribution in [1.29, 1.82) is 0 Å². The first-order valence-electron chi connectivity index (χ1n) is 5.77. The molecule has 0 amide bonds. The lowest BCUT2D eigenvalue weighted by atomic mass is 10.3. The summed E-state index contributed by atoms with van der Waals surface area (Å²) in [5, 5.41) is 0. The number of anilines is 1. The number of nitrogens with zero attached hydrogens (tertiary/aromatic N) is 5. The molecule has 0 aliphatic heterocycles. The molecule has 7 heteroatoms. The maximum atomic E-state index is 5.59. The molecule has 0 aliphatic rings. The zero-order chi connectivity index (χ0) is 13.0. The fraction of sp³-hybridized carbons (Fsp3) is 0.455. The standard InChI is InChI=1S/C11H16N6O/c1-3-5-17-6-4-13-9(17)7-8-14-10(12)16-11(15-8)18-2/h4,6H,3,5,7H2,1-2H3,(H2,12,14,15,16). The molecule has 2 aromatic heterocycles. The SMILES string of the molecule is CCCn1ccnc1Cc1nc(N)nc(OC)n1. The second-order valence-electron chi connectivity index (χ2n) is 3.81. The number of hydrogen-bond donors (Lipinski definition) is 1. The van der Waals surface area contributed by atoms with Crippen molar-refractivity contribution in [2.45, 2.75) is 26.3 Å². The Balaban J connectivity index is 2.22. The Morgan fingerprint density at radius 1 is 1.33 bits per heavy atom. The molecule has 0 spiro atoms. The molecule has 0 bridgehead atoms. The van der Waals surface area contributed by atoms with Crippen LogP contribution in [-0.2, 0) is 13.0 Å². The van der Waals surface area contributed by atoms with Crippen LogP contribution in [-0.4, -0.2) is 31.6 Å². The highest BCUT2D eigenvalue weighted by Gasteiger charge is 2.09. The highest BCUT2D eigenvalue weighted by atomic mass is 16.5. The Morgan fingerprint density at radius 3 is 2.89 bits per heavy atom. The van der Waals surface area contributed by atoms with Gasteiger partial charge in [0.2, 0.25) is 5.95 Å². The lowest BCUT2D eigenvalue weighted by Crippen LogP contribution is -2.09. The second kappa shape index (κ2) is 5.44. The Labute approximate surface area is 105 Å². The van der Waals surface area contributed by atoms with Gasteiger partial charge in [0.05, 0.1) is 13.5 Å². The number of nitrogens with two attached hydrogens (primary N) is 1. The summed E-state index contributed by atoms with van der Waals surface area (Å²) in [5.41, 5.74) is 5.59. The van der Waals surface area contributed by atoms with Crippen molar-refractivity contribution >= 4 is 5.95 Å². The Bertz CT molecular complexity index is 524. The van der Waals surface area contributed by atoms with Gasteiger partial charge in [-0.1, -0.05) is 6.92 Å². The average molecular weight is 248 g/mol. The number of methoxy groups -OCH3 is 1. The van der Waals surface area contributed by atoms with Gasteiger partial charge in [0.15, 0.2) is 0 Å². The van der Waals surface area contributed by atoms with Gasteiger partial charge in [-0.05, 0) is 6.42 Å². The number of aryl methyl sites for hydroxylation is 1. The van der Waals surface area contributed by atoms with E-state index in [-0.39, 0.29) is 12.0 Å². The molecule has 0 unspecified atom stereocenters. The Hall–Kier alpha value is -2.18. The van der Waals surface area contributed by atoms with Crippen LogP contribution in [0.2, 0.25) is 0 Å². The summed E-state index contributed by atoms with van der Waals surface area (Å²) in [5.74, 6) is 1.62. The molecule has 2 aromatic rings. The van der Waals surface area contributed by atoms with E-state index in [9.17, 15) is 0 Å². The number of hydrogen-bond acceptors (Lipinski definition) is 6. The van der Waals surface area contributed by atoms with Crippen LogP contribution in [0.4, 0.5) is 5.95 Å². The number of imidazole rings is 1. The molecule has 2 N–H and O–H groups in total. The zero-order valence-electron chi connectivity index (χ0n) is 10.5. The molecule has 2 heterocycles. The molecule has 0 atom stereocenters. The van der Waals surface area contributed by atoms with Gasteiger partial charge < -0.3 is 15.0 Å². The van der Waals surface area contributed by atoms with E-state index >= 15 is 0 Å². The summed E-state index contributed by atoms with van der Waals surface area (Å²) in [7, 11) is 1.50. The largest absolute Gasteiger partial charge is 0.467 e. The first-order chi connectivity index (χ1) is 8.72. The Kier molecular flexibility index (Phi) is 3.71. The van der Waals surface area contributed by atoms with E-state index in [0.29, 0.717) is 12.2 Å². The Morgan fingerprint density at radius 2 is 2.17 bits per heavy atom. The van der Waals surface area contributed by atoms with Crippen LogP contribution in [0, 0.1) is 0 Å². The number of aromatic nitrogens is 5. The van der Waals surface area contributed by atoms with Crippen LogP contribution in [0.5, 0.6) is 6.01 Å². The van der Waals surface area contributed by atoms with Crippen molar-refractivity contribution in [3.8, 4) is 6.01 Å². The van der Waals surface area contributed by atoms with Crippen LogP contribution in [0.25, 0.3) is 0 Å². The van der Waals surface area contributed by atoms with Crippen LogP contribution < -0.4 is 10.5 Å². The van der Waals surface area contributed by atoms with Crippen molar-refractivity contribution in [3.63, 3.8) is 0 Å². The summed E-state index contributed by atoms with van der Waals surface area (Å²) in [4.78, 5) is 16.4. The fourth-order valence-electron chi connectivity index (χ4n) is 1.68. The third-order valence-electron chi connectivity index (χ3n) is 2.44. The molecular weight excluding hydrogens is 232 g/mol. The van der Waals surface area contributed by atoms with Gasteiger partial charge in [-0.15, -0.1) is 0 Å². The summed E-state index contributed by atoms with van der Waals surface area (Å²) in [6.07, 6.45) is 5.27. The van der Waals surface area contributed by atoms with Crippen molar-refractivity contribution in [1.82, 2.24) is 24.5 Å². The molecule has 0 saturated heterocycles. The van der Waals surface area contributed by atoms with Crippen molar-refractivity contribution in [2.24, 2.45) is 0 Å². The highest BCUT2D eigenvalue weighted by Crippen LogP contribution is 2.09. The van der Waals surface area contributed by atoms with Gasteiger partial charge in [-0.25, -0.2) is 4.98 Å². The van der Waals surface area contributed by atoms with Crippen LogP contribution >= 0.6 is 0 Å². The van der Waals surface area contributed by atoms with E-state index in [4.69, 9.17) is 10.5 Å². The third-order valence-corrected chi connectivity index (χ3v) is 2.44. The number of rotatable bonds is 5. The van der Waals surface area contributed by atoms with Crippen molar-refractivity contribution in [2.75, 3.05) is 12.8 Å². The van der Waals surface area contributed by atoms with E-state index in [1.807, 2.05) is 6.20 Å². The fourth-order valence-corrected chi connectivity index (χ4v) is 1.68. The van der Waals surface area contributed by atoms with E-state index in [2.05, 4.69) is 31.4 Å². The van der Waals surface area contributed by atoms with Gasteiger partial charge in [0.1, 0.15) is 11.6 Å². The molecule has 0 saturated carbocycles. The minimum Gasteiger partial charge on any atom is -0.467 e. The monoisotopic (exact) mass is 248 g/mol. The molecule has 0 fully saturated rings. The van der Waals surface area contributed by atoms with Gasteiger partial charge >= 0.3 is 6.01 Å². The normalized spacial score (nSPS) is 10.6. The molecule has 7 nitrogen and oxygen atoms in total. The molecule has 96 valence electrons. The first-order valence-corrected chi connectivity index (χ1v) is 5.77. The number of nitrogen functional groups attached to an aromatic ring is 1. The second-order valence-corrected chi connectivity index (χ2v) is 3.81. The maximum Gasteiger partial charge on any atom is 0.321 e. The molecule has 18 heavy (non-hydrogen) atoms. The topological polar surface area (TPSA) is 91.7 Å². The average Bonchev–Trinajstić information content (AvgIpc) is 2.76. The predicted octanol–water partition coefficient (Wildman–Crippen LogP) is 0.660. The minimum absolute atomic E-state index is 0.158. The van der Waals surface area contributed by atoms with Crippen molar-refractivity contribution < 1.29 is 4.74 Å². The van der Waals surface area contributed by atoms with Gasteiger partial charge in [-0.2, -0.15) is 15.0 Å².